The minimum Gasteiger partial charge on any atom is -0.481 e. The van der Waals surface area contributed by atoms with E-state index >= 15 is 0 Å². The van der Waals surface area contributed by atoms with Crippen LogP contribution in [0.5, 0.6) is 0 Å². The fraction of sp³-hybridized carbons (Fsp3) is 0.500. The Morgan fingerprint density at radius 3 is 2.71 bits per heavy atom. The third kappa shape index (κ3) is 4.29. The van der Waals surface area contributed by atoms with Crippen molar-refractivity contribution < 1.29 is 14.7 Å². The number of carbonyl (C=O) groups is 2. The number of hydrogen-bond donors (Lipinski definition) is 3. The lowest BCUT2D eigenvalue weighted by atomic mass is 9.93. The molecule has 3 atom stereocenters. The summed E-state index contributed by atoms with van der Waals surface area (Å²) in [6, 6.07) is 8.78. The molecular weight excluding hydrogens is 268 g/mol. The van der Waals surface area contributed by atoms with Crippen LogP contribution in [0.4, 0.5) is 0 Å². The van der Waals surface area contributed by atoms with Gasteiger partial charge >= 0.3 is 5.97 Å². The molecule has 1 saturated heterocycles. The summed E-state index contributed by atoms with van der Waals surface area (Å²) in [5, 5.41) is 15.3. The maximum Gasteiger partial charge on any atom is 0.312 e. The Balaban J connectivity index is 1.93. The van der Waals surface area contributed by atoms with Gasteiger partial charge in [0.25, 0.3) is 0 Å². The van der Waals surface area contributed by atoms with E-state index in [1.54, 1.807) is 24.3 Å². The molecule has 1 aliphatic rings. The second-order valence-electron chi connectivity index (χ2n) is 5.68. The molecule has 2 rings (SSSR count). The maximum atomic E-state index is 12.1. The average molecular weight is 290 g/mol. The first-order valence-electron chi connectivity index (χ1n) is 7.36. The van der Waals surface area contributed by atoms with E-state index in [2.05, 4.69) is 17.6 Å². The number of aliphatic carboxylic acids is 1. The normalized spacial score (nSPS) is 23.3. The Labute approximate surface area is 124 Å². The summed E-state index contributed by atoms with van der Waals surface area (Å²) in [5.74, 6) is -1.22. The van der Waals surface area contributed by atoms with Crippen molar-refractivity contribution in [3.8, 4) is 0 Å². The first-order chi connectivity index (χ1) is 10.1. The van der Waals surface area contributed by atoms with Gasteiger partial charge in [-0.2, -0.15) is 0 Å². The van der Waals surface area contributed by atoms with E-state index in [9.17, 15) is 14.7 Å². The zero-order chi connectivity index (χ0) is 15.2. The van der Waals surface area contributed by atoms with Gasteiger partial charge in [0.15, 0.2) is 0 Å². The van der Waals surface area contributed by atoms with Gasteiger partial charge < -0.3 is 15.7 Å². The van der Waals surface area contributed by atoms with Gasteiger partial charge in [0.1, 0.15) is 0 Å². The Morgan fingerprint density at radius 2 is 2.10 bits per heavy atom. The number of carboxylic acid groups (broad SMARTS) is 1. The summed E-state index contributed by atoms with van der Waals surface area (Å²) >= 11 is 0. The predicted molar refractivity (Wildman–Crippen MR) is 80.0 cm³/mol. The summed E-state index contributed by atoms with van der Waals surface area (Å²) in [6.45, 7) is 3.08. The molecule has 0 aliphatic carbocycles. The third-order valence-electron chi connectivity index (χ3n) is 3.96. The van der Waals surface area contributed by atoms with E-state index < -0.39 is 11.9 Å². The number of amides is 1. The zero-order valence-corrected chi connectivity index (χ0v) is 12.2. The first-order valence-corrected chi connectivity index (χ1v) is 7.36. The number of hydrogen-bond acceptors (Lipinski definition) is 3. The van der Waals surface area contributed by atoms with Gasteiger partial charge in [-0.25, -0.2) is 0 Å². The minimum atomic E-state index is -0.925. The van der Waals surface area contributed by atoms with Crippen LogP contribution in [-0.4, -0.2) is 36.1 Å². The molecule has 1 heterocycles. The molecule has 1 fully saturated rings. The lowest BCUT2D eigenvalue weighted by Crippen LogP contribution is -2.49. The molecule has 1 aliphatic heterocycles. The number of carbonyl (C=O) groups excluding carboxylic acids is 1. The van der Waals surface area contributed by atoms with Gasteiger partial charge in [0.05, 0.1) is 12.0 Å². The summed E-state index contributed by atoms with van der Waals surface area (Å²) in [7, 11) is 0. The molecule has 1 aromatic rings. The van der Waals surface area contributed by atoms with Crippen molar-refractivity contribution in [1.82, 2.24) is 10.6 Å². The Kier molecular flexibility index (Phi) is 5.33. The summed E-state index contributed by atoms with van der Waals surface area (Å²) < 4.78 is 0. The second-order valence-corrected chi connectivity index (χ2v) is 5.68. The maximum absolute atomic E-state index is 12.1. The van der Waals surface area contributed by atoms with Crippen LogP contribution in [0.3, 0.4) is 0 Å². The zero-order valence-electron chi connectivity index (χ0n) is 12.2. The van der Waals surface area contributed by atoms with Crippen LogP contribution >= 0.6 is 0 Å². The molecule has 0 aromatic heterocycles. The van der Waals surface area contributed by atoms with Gasteiger partial charge in [0, 0.05) is 6.54 Å². The number of carboxylic acids is 1. The molecule has 0 radical (unpaired) electrons. The van der Waals surface area contributed by atoms with Crippen LogP contribution in [-0.2, 0) is 9.59 Å². The quantitative estimate of drug-likeness (QED) is 0.765. The monoisotopic (exact) mass is 290 g/mol. The van der Waals surface area contributed by atoms with Gasteiger partial charge in [0.2, 0.25) is 5.91 Å². The highest BCUT2D eigenvalue weighted by Gasteiger charge is 2.26. The number of nitrogens with one attached hydrogen (secondary N) is 2. The highest BCUT2D eigenvalue weighted by atomic mass is 16.4. The molecule has 5 nitrogen and oxygen atoms in total. The van der Waals surface area contributed by atoms with Crippen LogP contribution in [0, 0.1) is 5.92 Å². The van der Waals surface area contributed by atoms with Crippen LogP contribution in [0.2, 0.25) is 0 Å². The highest BCUT2D eigenvalue weighted by molar-refractivity contribution is 5.83. The standard InChI is InChI=1S/C16H22N2O3/c1-11-7-8-17-14(9-11)15(19)18-10-13(16(20)21)12-5-3-2-4-6-12/h2-6,11,13-14,17H,7-10H2,1H3,(H,18,19)(H,20,21). The molecule has 114 valence electrons. The Morgan fingerprint density at radius 1 is 1.38 bits per heavy atom. The van der Waals surface area contributed by atoms with Crippen LogP contribution in [0.15, 0.2) is 30.3 Å². The Hall–Kier alpha value is -1.88. The van der Waals surface area contributed by atoms with Crippen molar-refractivity contribution in [2.45, 2.75) is 31.7 Å². The van der Waals surface area contributed by atoms with Crippen molar-refractivity contribution in [2.24, 2.45) is 5.92 Å². The topological polar surface area (TPSA) is 78.4 Å². The lowest BCUT2D eigenvalue weighted by molar-refractivity contribution is -0.138. The van der Waals surface area contributed by atoms with Crippen molar-refractivity contribution in [1.29, 1.82) is 0 Å². The number of rotatable bonds is 5. The van der Waals surface area contributed by atoms with E-state index in [1.165, 1.54) is 0 Å². The van der Waals surface area contributed by atoms with Crippen molar-refractivity contribution in [2.75, 3.05) is 13.1 Å². The summed E-state index contributed by atoms with van der Waals surface area (Å²) in [6.07, 6.45) is 1.88. The van der Waals surface area contributed by atoms with Gasteiger partial charge in [-0.15, -0.1) is 0 Å². The SMILES string of the molecule is CC1CCNC(C(=O)NCC(C(=O)O)c2ccccc2)C1. The molecule has 0 saturated carbocycles. The van der Waals surface area contributed by atoms with E-state index in [4.69, 9.17) is 0 Å². The molecule has 5 heteroatoms. The van der Waals surface area contributed by atoms with Crippen molar-refractivity contribution in [3.63, 3.8) is 0 Å². The molecule has 1 amide bonds. The largest absolute Gasteiger partial charge is 0.481 e. The van der Waals surface area contributed by atoms with E-state index in [0.717, 1.165) is 19.4 Å². The van der Waals surface area contributed by atoms with E-state index in [0.29, 0.717) is 11.5 Å². The predicted octanol–water partition coefficient (Wildman–Crippen LogP) is 1.36. The van der Waals surface area contributed by atoms with Crippen LogP contribution in [0.1, 0.15) is 31.2 Å². The third-order valence-corrected chi connectivity index (χ3v) is 3.96. The fourth-order valence-corrected chi connectivity index (χ4v) is 2.67. The molecule has 21 heavy (non-hydrogen) atoms. The van der Waals surface area contributed by atoms with Crippen LogP contribution in [0.25, 0.3) is 0 Å². The summed E-state index contributed by atoms with van der Waals surface area (Å²) in [5.41, 5.74) is 0.704. The number of piperidine rings is 1. The van der Waals surface area contributed by atoms with Crippen LogP contribution < -0.4 is 10.6 Å². The summed E-state index contributed by atoms with van der Waals surface area (Å²) in [4.78, 5) is 23.5. The molecule has 0 spiro atoms. The Bertz CT molecular complexity index is 490. The average Bonchev–Trinajstić information content (AvgIpc) is 2.48. The van der Waals surface area contributed by atoms with Crippen molar-refractivity contribution >= 4 is 11.9 Å². The van der Waals surface area contributed by atoms with Gasteiger partial charge in [-0.05, 0) is 30.9 Å². The number of benzene rings is 1. The van der Waals surface area contributed by atoms with E-state index in [1.807, 2.05) is 6.07 Å². The smallest absolute Gasteiger partial charge is 0.312 e. The molecule has 3 unspecified atom stereocenters. The first kappa shape index (κ1) is 15.5. The van der Waals surface area contributed by atoms with E-state index in [-0.39, 0.29) is 18.5 Å². The minimum absolute atomic E-state index is 0.108. The second kappa shape index (κ2) is 7.22. The molecule has 3 N–H and O–H groups in total. The van der Waals surface area contributed by atoms with Crippen molar-refractivity contribution in [3.05, 3.63) is 35.9 Å². The lowest BCUT2D eigenvalue weighted by Gasteiger charge is -2.27. The highest BCUT2D eigenvalue weighted by Crippen LogP contribution is 2.17. The fourth-order valence-electron chi connectivity index (χ4n) is 2.67. The molecule has 0 bridgehead atoms. The molecular formula is C16H22N2O3. The molecule has 1 aromatic carbocycles. The van der Waals surface area contributed by atoms with Gasteiger partial charge in [-0.3, -0.25) is 9.59 Å². The van der Waals surface area contributed by atoms with Gasteiger partial charge in [-0.1, -0.05) is 37.3 Å².